The molecule has 0 aliphatic rings. The van der Waals surface area contributed by atoms with E-state index in [-0.39, 0.29) is 11.4 Å². The Hall–Kier alpha value is -1.54. The fraction of sp³-hybridized carbons (Fsp3) is 0.455. The maximum Gasteiger partial charge on any atom is 0.306 e. The number of aromatic nitrogens is 1. The molecule has 1 aromatic rings. The van der Waals surface area contributed by atoms with Crippen LogP contribution in [0.1, 0.15) is 19.8 Å². The van der Waals surface area contributed by atoms with Gasteiger partial charge in [0.15, 0.2) is 0 Å². The van der Waals surface area contributed by atoms with E-state index in [4.69, 9.17) is 5.11 Å². The standard InChI is InChI=1S/C11H15FN2O4S/c1-8(11(15)16)3-2-4-14-19(17,18)10-5-9(12)6-13-7-10/h5-8,14H,2-4H2,1H3,(H,15,16). The molecule has 0 aliphatic heterocycles. The van der Waals surface area contributed by atoms with Crippen LogP contribution in [0.2, 0.25) is 0 Å². The molecule has 0 aliphatic carbocycles. The van der Waals surface area contributed by atoms with Crippen LogP contribution >= 0.6 is 0 Å². The zero-order chi connectivity index (χ0) is 14.5. The fourth-order valence-corrected chi connectivity index (χ4v) is 2.41. The van der Waals surface area contributed by atoms with E-state index in [2.05, 4.69) is 9.71 Å². The van der Waals surface area contributed by atoms with Gasteiger partial charge < -0.3 is 5.11 Å². The minimum absolute atomic E-state index is 0.0937. The summed E-state index contributed by atoms with van der Waals surface area (Å²) in [6.07, 6.45) is 2.70. The van der Waals surface area contributed by atoms with Crippen molar-refractivity contribution in [2.45, 2.75) is 24.7 Å². The van der Waals surface area contributed by atoms with E-state index in [1.165, 1.54) is 0 Å². The van der Waals surface area contributed by atoms with Gasteiger partial charge in [-0.25, -0.2) is 17.5 Å². The van der Waals surface area contributed by atoms with Gasteiger partial charge in [0.25, 0.3) is 0 Å². The number of nitrogens with zero attached hydrogens (tertiary/aromatic N) is 1. The zero-order valence-corrected chi connectivity index (χ0v) is 11.2. The van der Waals surface area contributed by atoms with E-state index < -0.39 is 27.7 Å². The van der Waals surface area contributed by atoms with Crippen LogP contribution in [0.3, 0.4) is 0 Å². The molecule has 1 unspecified atom stereocenters. The number of hydrogen-bond donors (Lipinski definition) is 2. The average Bonchev–Trinajstić information content (AvgIpc) is 2.34. The van der Waals surface area contributed by atoms with Crippen molar-refractivity contribution >= 4 is 16.0 Å². The van der Waals surface area contributed by atoms with Gasteiger partial charge in [-0.15, -0.1) is 0 Å². The van der Waals surface area contributed by atoms with Gasteiger partial charge in [-0.3, -0.25) is 9.78 Å². The molecule has 2 N–H and O–H groups in total. The van der Waals surface area contributed by atoms with Crippen LogP contribution in [0.25, 0.3) is 0 Å². The van der Waals surface area contributed by atoms with E-state index in [0.29, 0.717) is 12.8 Å². The summed E-state index contributed by atoms with van der Waals surface area (Å²) < 4.78 is 38.6. The molecule has 6 nitrogen and oxygen atoms in total. The smallest absolute Gasteiger partial charge is 0.306 e. The summed E-state index contributed by atoms with van der Waals surface area (Å²) in [6, 6.07) is 0.870. The first-order valence-electron chi connectivity index (χ1n) is 5.66. The highest BCUT2D eigenvalue weighted by molar-refractivity contribution is 7.89. The quantitative estimate of drug-likeness (QED) is 0.730. The molecule has 0 spiro atoms. The van der Waals surface area contributed by atoms with Crippen molar-refractivity contribution in [2.24, 2.45) is 5.92 Å². The normalized spacial score (nSPS) is 13.2. The van der Waals surface area contributed by atoms with Crippen LogP contribution in [0, 0.1) is 11.7 Å². The summed E-state index contributed by atoms with van der Waals surface area (Å²) in [6.45, 7) is 1.64. The number of carboxylic acids is 1. The number of sulfonamides is 1. The molecule has 0 saturated heterocycles. The van der Waals surface area contributed by atoms with Crippen LogP contribution in [0.5, 0.6) is 0 Å². The number of hydrogen-bond acceptors (Lipinski definition) is 4. The second kappa shape index (κ2) is 6.58. The lowest BCUT2D eigenvalue weighted by Gasteiger charge is -2.08. The highest BCUT2D eigenvalue weighted by Gasteiger charge is 2.15. The predicted molar refractivity (Wildman–Crippen MR) is 65.4 cm³/mol. The second-order valence-corrected chi connectivity index (χ2v) is 5.89. The lowest BCUT2D eigenvalue weighted by atomic mass is 10.1. The Morgan fingerprint density at radius 3 is 2.79 bits per heavy atom. The third-order valence-corrected chi connectivity index (χ3v) is 3.95. The van der Waals surface area contributed by atoms with Crippen LogP contribution in [0.15, 0.2) is 23.4 Å². The Bertz CT molecular complexity index is 547. The third-order valence-electron chi connectivity index (χ3n) is 2.52. The molecule has 1 rings (SSSR count). The zero-order valence-electron chi connectivity index (χ0n) is 10.3. The van der Waals surface area contributed by atoms with Crippen LogP contribution < -0.4 is 4.72 Å². The Morgan fingerprint density at radius 2 is 2.21 bits per heavy atom. The number of carbonyl (C=O) groups is 1. The lowest BCUT2D eigenvalue weighted by molar-refractivity contribution is -0.141. The molecule has 106 valence electrons. The minimum atomic E-state index is -3.80. The Labute approximate surface area is 110 Å². The summed E-state index contributed by atoms with van der Waals surface area (Å²) in [4.78, 5) is 13.8. The largest absolute Gasteiger partial charge is 0.481 e. The van der Waals surface area contributed by atoms with Gasteiger partial charge in [0.1, 0.15) is 10.7 Å². The molecule has 0 radical (unpaired) electrons. The predicted octanol–water partition coefficient (Wildman–Crippen LogP) is 1.000. The summed E-state index contributed by atoms with van der Waals surface area (Å²) in [5.74, 6) is -2.18. The molecule has 0 fully saturated rings. The van der Waals surface area contributed by atoms with Gasteiger partial charge in [-0.2, -0.15) is 0 Å². The molecule has 1 heterocycles. The first kappa shape index (κ1) is 15.5. The summed E-state index contributed by atoms with van der Waals surface area (Å²) in [5, 5.41) is 8.66. The van der Waals surface area contributed by atoms with Gasteiger partial charge in [0, 0.05) is 12.7 Å². The minimum Gasteiger partial charge on any atom is -0.481 e. The molecule has 0 saturated carbocycles. The maximum atomic E-state index is 12.9. The first-order valence-corrected chi connectivity index (χ1v) is 7.14. The third kappa shape index (κ3) is 4.92. The molecule has 0 aromatic carbocycles. The van der Waals surface area contributed by atoms with Crippen molar-refractivity contribution in [2.75, 3.05) is 6.54 Å². The second-order valence-electron chi connectivity index (χ2n) is 4.12. The van der Waals surface area contributed by atoms with E-state index in [0.717, 1.165) is 18.5 Å². The molecule has 8 heteroatoms. The van der Waals surface area contributed by atoms with Crippen molar-refractivity contribution in [1.29, 1.82) is 0 Å². The van der Waals surface area contributed by atoms with Crippen molar-refractivity contribution in [3.05, 3.63) is 24.3 Å². The van der Waals surface area contributed by atoms with Crippen LogP contribution in [-0.2, 0) is 14.8 Å². The van der Waals surface area contributed by atoms with Gasteiger partial charge in [0.2, 0.25) is 10.0 Å². The number of aliphatic carboxylic acids is 1. The number of nitrogens with one attached hydrogen (secondary N) is 1. The molecule has 0 bridgehead atoms. The molecule has 0 amide bonds. The summed E-state index contributed by atoms with van der Waals surface area (Å²) in [7, 11) is -3.80. The number of halogens is 1. The van der Waals surface area contributed by atoms with Crippen molar-refractivity contribution < 1.29 is 22.7 Å². The number of pyridine rings is 1. The Kier molecular flexibility index (Phi) is 5.37. The molecule has 19 heavy (non-hydrogen) atoms. The molecular formula is C11H15FN2O4S. The molecule has 1 aromatic heterocycles. The Balaban J connectivity index is 2.50. The van der Waals surface area contributed by atoms with E-state index >= 15 is 0 Å². The summed E-state index contributed by atoms with van der Waals surface area (Å²) in [5.41, 5.74) is 0. The fourth-order valence-electron chi connectivity index (χ4n) is 1.36. The van der Waals surface area contributed by atoms with Gasteiger partial charge in [-0.05, 0) is 18.9 Å². The van der Waals surface area contributed by atoms with Gasteiger partial charge in [-0.1, -0.05) is 6.92 Å². The molecule has 1 atom stereocenters. The number of carboxylic acid groups (broad SMARTS) is 1. The van der Waals surface area contributed by atoms with E-state index in [1.54, 1.807) is 6.92 Å². The lowest BCUT2D eigenvalue weighted by Crippen LogP contribution is -2.25. The van der Waals surface area contributed by atoms with Gasteiger partial charge in [0.05, 0.1) is 12.1 Å². The average molecular weight is 290 g/mol. The van der Waals surface area contributed by atoms with Crippen LogP contribution in [0.4, 0.5) is 4.39 Å². The van der Waals surface area contributed by atoms with Crippen molar-refractivity contribution in [3.8, 4) is 0 Å². The highest BCUT2D eigenvalue weighted by atomic mass is 32.2. The van der Waals surface area contributed by atoms with E-state index in [1.807, 2.05) is 0 Å². The van der Waals surface area contributed by atoms with Crippen LogP contribution in [-0.4, -0.2) is 31.0 Å². The van der Waals surface area contributed by atoms with Crippen molar-refractivity contribution in [3.63, 3.8) is 0 Å². The van der Waals surface area contributed by atoms with Crippen molar-refractivity contribution in [1.82, 2.24) is 9.71 Å². The monoisotopic (exact) mass is 290 g/mol. The van der Waals surface area contributed by atoms with Gasteiger partial charge >= 0.3 is 5.97 Å². The molecular weight excluding hydrogens is 275 g/mol. The SMILES string of the molecule is CC(CCCNS(=O)(=O)c1cncc(F)c1)C(=O)O. The Morgan fingerprint density at radius 1 is 1.53 bits per heavy atom. The topological polar surface area (TPSA) is 96.4 Å². The summed E-state index contributed by atoms with van der Waals surface area (Å²) >= 11 is 0. The highest BCUT2D eigenvalue weighted by Crippen LogP contribution is 2.09. The number of rotatable bonds is 7. The first-order chi connectivity index (χ1) is 8.83. The maximum absolute atomic E-state index is 12.9. The van der Waals surface area contributed by atoms with E-state index in [9.17, 15) is 17.6 Å².